The number of benzene rings is 2. The van der Waals surface area contributed by atoms with Gasteiger partial charge < -0.3 is 15.1 Å². The first-order valence-electron chi connectivity index (χ1n) is 15.4. The molecular formula is C33H39Cl2N7O3S. The van der Waals surface area contributed by atoms with Crippen molar-refractivity contribution in [2.45, 2.75) is 55.7 Å². The zero-order valence-corrected chi connectivity index (χ0v) is 28.8. The molecule has 2 aliphatic heterocycles. The van der Waals surface area contributed by atoms with Crippen molar-refractivity contribution in [3.63, 3.8) is 0 Å². The molecule has 5 rings (SSSR count). The van der Waals surface area contributed by atoms with Crippen LogP contribution in [0.5, 0.6) is 0 Å². The van der Waals surface area contributed by atoms with Crippen molar-refractivity contribution >= 4 is 50.5 Å². The highest BCUT2D eigenvalue weighted by atomic mass is 35.5. The van der Waals surface area contributed by atoms with Crippen molar-refractivity contribution < 1.29 is 13.2 Å². The maximum Gasteiger partial charge on any atom is 0.256 e. The highest BCUT2D eigenvalue weighted by Crippen LogP contribution is 2.34. The summed E-state index contributed by atoms with van der Waals surface area (Å²) in [5, 5.41) is 12.4. The van der Waals surface area contributed by atoms with E-state index in [2.05, 4.69) is 45.9 Å². The van der Waals surface area contributed by atoms with Crippen molar-refractivity contribution in [3.8, 4) is 6.07 Å². The van der Waals surface area contributed by atoms with Gasteiger partial charge in [-0.25, -0.2) is 18.4 Å². The Labute approximate surface area is 281 Å². The van der Waals surface area contributed by atoms with E-state index in [4.69, 9.17) is 23.2 Å². The van der Waals surface area contributed by atoms with Gasteiger partial charge in [0.15, 0.2) is 9.84 Å². The Morgan fingerprint density at radius 2 is 1.76 bits per heavy atom. The molecule has 10 nitrogen and oxygen atoms in total. The van der Waals surface area contributed by atoms with E-state index in [1.807, 2.05) is 31.2 Å². The minimum atomic E-state index is -3.81. The molecule has 3 aromatic rings. The van der Waals surface area contributed by atoms with Crippen LogP contribution in [0.25, 0.3) is 0 Å². The van der Waals surface area contributed by atoms with Crippen LogP contribution in [0.15, 0.2) is 53.6 Å². The molecule has 0 saturated carbocycles. The van der Waals surface area contributed by atoms with Crippen LogP contribution >= 0.6 is 23.2 Å². The molecule has 1 N–H and O–H groups in total. The van der Waals surface area contributed by atoms with E-state index in [1.165, 1.54) is 6.20 Å². The van der Waals surface area contributed by atoms with Gasteiger partial charge in [-0.2, -0.15) is 5.26 Å². The minimum absolute atomic E-state index is 0.00881. The molecular weight excluding hydrogens is 645 g/mol. The summed E-state index contributed by atoms with van der Waals surface area (Å²) in [6.45, 7) is 12.9. The Morgan fingerprint density at radius 1 is 1.07 bits per heavy atom. The SMILES string of the molecule is CC(CNC(=O)c1cnc(C#N)nc1N1CCC(S(=O)(=O)c2ccc(N3CCN(C(C)(C)C)CC3)cc2Cl)C1)c1ccc(Cl)cc1. The van der Waals surface area contributed by atoms with E-state index >= 15 is 0 Å². The Bertz CT molecular complexity index is 1730. The number of sulfone groups is 1. The van der Waals surface area contributed by atoms with E-state index < -0.39 is 21.0 Å². The standard InChI is InChI=1S/C33H39Cl2N7O3S/c1-22(23-5-7-24(34)8-6-23)19-38-32(43)27-20-37-30(18-36)39-31(27)41-12-11-26(21-41)46(44,45)29-10-9-25(17-28(29)35)40-13-15-42(16-14-40)33(2,3)4/h5-10,17,20,22,26H,11-16,19,21H2,1-4H3,(H,38,43). The predicted molar refractivity (Wildman–Crippen MR) is 182 cm³/mol. The van der Waals surface area contributed by atoms with Crippen LogP contribution in [0.4, 0.5) is 11.5 Å². The van der Waals surface area contributed by atoms with Crippen molar-refractivity contribution in [2.75, 3.05) is 55.6 Å². The molecule has 244 valence electrons. The largest absolute Gasteiger partial charge is 0.369 e. The first-order valence-corrected chi connectivity index (χ1v) is 17.7. The van der Waals surface area contributed by atoms with Gasteiger partial charge in [-0.3, -0.25) is 9.69 Å². The number of nitrogens with zero attached hydrogens (tertiary/aromatic N) is 6. The van der Waals surface area contributed by atoms with Crippen molar-refractivity contribution in [2.24, 2.45) is 0 Å². The monoisotopic (exact) mass is 683 g/mol. The fraction of sp³-hybridized carbons (Fsp3) is 0.455. The number of piperazine rings is 1. The fourth-order valence-corrected chi connectivity index (χ4v) is 8.35. The number of nitrogens with one attached hydrogen (secondary N) is 1. The summed E-state index contributed by atoms with van der Waals surface area (Å²) >= 11 is 12.6. The van der Waals surface area contributed by atoms with Gasteiger partial charge in [0.1, 0.15) is 17.5 Å². The molecule has 0 bridgehead atoms. The summed E-state index contributed by atoms with van der Waals surface area (Å²) in [7, 11) is -3.81. The van der Waals surface area contributed by atoms with Crippen molar-refractivity contribution in [1.29, 1.82) is 5.26 Å². The third kappa shape index (κ3) is 7.41. The molecule has 2 saturated heterocycles. The van der Waals surface area contributed by atoms with Gasteiger partial charge in [-0.1, -0.05) is 42.3 Å². The quantitative estimate of drug-likeness (QED) is 0.343. The summed E-state index contributed by atoms with van der Waals surface area (Å²) in [6.07, 6.45) is 1.64. The molecule has 0 radical (unpaired) electrons. The van der Waals surface area contributed by atoms with E-state index in [0.717, 1.165) is 37.4 Å². The Kier molecular flexibility index (Phi) is 10.1. The number of carbonyl (C=O) groups is 1. The Hall–Kier alpha value is -3.43. The Balaban J connectivity index is 1.29. The number of amides is 1. The average Bonchev–Trinajstić information content (AvgIpc) is 3.54. The summed E-state index contributed by atoms with van der Waals surface area (Å²) < 4.78 is 27.7. The molecule has 1 aromatic heterocycles. The summed E-state index contributed by atoms with van der Waals surface area (Å²) in [5.41, 5.74) is 2.19. The average molecular weight is 685 g/mol. The molecule has 2 aliphatic rings. The second-order valence-corrected chi connectivity index (χ2v) is 15.9. The number of halogens is 2. The predicted octanol–water partition coefficient (Wildman–Crippen LogP) is 5.16. The molecule has 0 aliphatic carbocycles. The van der Waals surface area contributed by atoms with E-state index in [9.17, 15) is 18.5 Å². The van der Waals surface area contributed by atoms with Crippen LogP contribution in [0.1, 0.15) is 61.8 Å². The maximum absolute atomic E-state index is 13.8. The summed E-state index contributed by atoms with van der Waals surface area (Å²) in [6, 6.07) is 14.5. The smallest absolute Gasteiger partial charge is 0.256 e. The molecule has 0 spiro atoms. The number of carbonyl (C=O) groups excluding carboxylic acids is 1. The molecule has 1 amide bonds. The van der Waals surface area contributed by atoms with Crippen LogP contribution in [0.2, 0.25) is 10.0 Å². The maximum atomic E-state index is 13.8. The fourth-order valence-electron chi connectivity index (χ4n) is 5.98. The zero-order chi connectivity index (χ0) is 33.2. The summed E-state index contributed by atoms with van der Waals surface area (Å²) in [4.78, 5) is 28.2. The van der Waals surface area contributed by atoms with Gasteiger partial charge in [0.25, 0.3) is 5.91 Å². The Morgan fingerprint density at radius 3 is 2.39 bits per heavy atom. The van der Waals surface area contributed by atoms with E-state index in [0.29, 0.717) is 24.5 Å². The lowest BCUT2D eigenvalue weighted by molar-refractivity contribution is 0.0951. The van der Waals surface area contributed by atoms with Crippen LogP contribution in [0.3, 0.4) is 0 Å². The molecule has 2 fully saturated rings. The van der Waals surface area contributed by atoms with Crippen LogP contribution < -0.4 is 15.1 Å². The normalized spacial score (nSPS) is 18.3. The van der Waals surface area contributed by atoms with Crippen molar-refractivity contribution in [3.05, 3.63) is 75.7 Å². The number of nitriles is 1. The first kappa shape index (κ1) is 33.9. The first-order chi connectivity index (χ1) is 21.8. The molecule has 46 heavy (non-hydrogen) atoms. The van der Waals surface area contributed by atoms with Gasteiger partial charge in [-0.05, 0) is 69.0 Å². The third-order valence-electron chi connectivity index (χ3n) is 8.82. The second-order valence-electron chi connectivity index (χ2n) is 12.9. The zero-order valence-electron chi connectivity index (χ0n) is 26.5. The lowest BCUT2D eigenvalue weighted by Crippen LogP contribution is -2.53. The lowest BCUT2D eigenvalue weighted by atomic mass is 10.0. The molecule has 3 heterocycles. The van der Waals surface area contributed by atoms with E-state index in [1.54, 1.807) is 29.2 Å². The molecule has 13 heteroatoms. The van der Waals surface area contributed by atoms with Crippen molar-refractivity contribution in [1.82, 2.24) is 20.2 Å². The van der Waals surface area contributed by atoms with Gasteiger partial charge in [0, 0.05) is 68.3 Å². The van der Waals surface area contributed by atoms with Gasteiger partial charge in [-0.15, -0.1) is 0 Å². The number of anilines is 2. The molecule has 2 unspecified atom stereocenters. The third-order valence-corrected chi connectivity index (χ3v) is 11.7. The summed E-state index contributed by atoms with van der Waals surface area (Å²) in [5.74, 6) is -0.269. The van der Waals surface area contributed by atoms with E-state index in [-0.39, 0.29) is 45.1 Å². The number of hydrogen-bond donors (Lipinski definition) is 1. The second kappa shape index (κ2) is 13.7. The molecule has 2 atom stereocenters. The highest BCUT2D eigenvalue weighted by Gasteiger charge is 2.38. The number of aromatic nitrogens is 2. The van der Waals surface area contributed by atoms with Gasteiger partial charge in [0.2, 0.25) is 5.82 Å². The highest BCUT2D eigenvalue weighted by molar-refractivity contribution is 7.92. The number of rotatable bonds is 8. The van der Waals surface area contributed by atoms with Crippen LogP contribution in [-0.4, -0.2) is 85.8 Å². The van der Waals surface area contributed by atoms with Crippen LogP contribution in [-0.2, 0) is 9.84 Å². The topological polar surface area (TPSA) is 123 Å². The van der Waals surface area contributed by atoms with Gasteiger partial charge in [0.05, 0.1) is 15.2 Å². The number of hydrogen-bond acceptors (Lipinski definition) is 9. The molecule has 2 aromatic carbocycles. The van der Waals surface area contributed by atoms with Crippen LogP contribution in [0, 0.1) is 11.3 Å². The lowest BCUT2D eigenvalue weighted by Gasteiger charge is -2.43. The van der Waals surface area contributed by atoms with Gasteiger partial charge >= 0.3 is 0 Å². The minimum Gasteiger partial charge on any atom is -0.369 e.